The Hall–Kier alpha value is -1.06. The molecule has 0 aliphatic heterocycles. The SMILES string of the molecule is CCC(C)OC(=O)[C@H](C)C(C)(C)OC(=O)C(C)(C)CC(C)(C)CC. The fourth-order valence-corrected chi connectivity index (χ4v) is 2.53. The van der Waals surface area contributed by atoms with Crippen LogP contribution in [0.1, 0.15) is 88.5 Å². The normalized spacial score (nSPS) is 15.6. The molecule has 0 spiro atoms. The molecule has 0 aromatic heterocycles. The molecule has 2 atom stereocenters. The van der Waals surface area contributed by atoms with Gasteiger partial charge < -0.3 is 9.47 Å². The van der Waals surface area contributed by atoms with Crippen molar-refractivity contribution in [2.24, 2.45) is 16.7 Å². The predicted molar refractivity (Wildman–Crippen MR) is 97.7 cm³/mol. The van der Waals surface area contributed by atoms with E-state index in [0.717, 1.165) is 19.3 Å². The number of carbonyl (C=O) groups is 2. The number of hydrogen-bond acceptors (Lipinski definition) is 4. The topological polar surface area (TPSA) is 52.6 Å². The molecule has 0 aromatic rings. The van der Waals surface area contributed by atoms with Gasteiger partial charge in [-0.15, -0.1) is 0 Å². The van der Waals surface area contributed by atoms with E-state index in [-0.39, 0.29) is 23.5 Å². The third-order valence-electron chi connectivity index (χ3n) is 5.07. The molecule has 0 aliphatic rings. The van der Waals surface area contributed by atoms with E-state index in [2.05, 4.69) is 20.8 Å². The van der Waals surface area contributed by atoms with Gasteiger partial charge in [-0.3, -0.25) is 9.59 Å². The van der Waals surface area contributed by atoms with Gasteiger partial charge in [-0.25, -0.2) is 0 Å². The summed E-state index contributed by atoms with van der Waals surface area (Å²) in [4.78, 5) is 25.0. The van der Waals surface area contributed by atoms with Crippen molar-refractivity contribution < 1.29 is 19.1 Å². The highest BCUT2D eigenvalue weighted by molar-refractivity contribution is 5.78. The molecular weight excluding hydrogens is 304 g/mol. The standard InChI is InChI=1S/C20H38O4/c1-11-14(3)23-16(21)15(4)20(9,10)24-17(22)19(7,8)13-18(5,6)12-2/h14-15H,11-13H2,1-10H3/t14?,15-/m0/s1. The highest BCUT2D eigenvalue weighted by atomic mass is 16.6. The van der Waals surface area contributed by atoms with Crippen LogP contribution in [-0.2, 0) is 19.1 Å². The van der Waals surface area contributed by atoms with Gasteiger partial charge in [0, 0.05) is 0 Å². The fraction of sp³-hybridized carbons (Fsp3) is 0.900. The zero-order chi connectivity index (χ0) is 19.3. The Morgan fingerprint density at radius 1 is 0.958 bits per heavy atom. The Morgan fingerprint density at radius 2 is 1.46 bits per heavy atom. The summed E-state index contributed by atoms with van der Waals surface area (Å²) < 4.78 is 11.1. The van der Waals surface area contributed by atoms with E-state index in [1.807, 2.05) is 27.7 Å². The molecule has 0 aromatic carbocycles. The van der Waals surface area contributed by atoms with Gasteiger partial charge in [0.2, 0.25) is 0 Å². The molecule has 0 saturated carbocycles. The van der Waals surface area contributed by atoms with Gasteiger partial charge in [0.05, 0.1) is 17.4 Å². The zero-order valence-electron chi connectivity index (χ0n) is 17.4. The highest BCUT2D eigenvalue weighted by Crippen LogP contribution is 2.38. The maximum Gasteiger partial charge on any atom is 0.312 e. The van der Waals surface area contributed by atoms with Crippen molar-refractivity contribution in [3.63, 3.8) is 0 Å². The lowest BCUT2D eigenvalue weighted by molar-refractivity contribution is -0.181. The number of hydrogen-bond donors (Lipinski definition) is 0. The van der Waals surface area contributed by atoms with Crippen LogP contribution < -0.4 is 0 Å². The van der Waals surface area contributed by atoms with Crippen molar-refractivity contribution in [2.75, 3.05) is 0 Å². The maximum absolute atomic E-state index is 12.7. The van der Waals surface area contributed by atoms with Crippen molar-refractivity contribution in [3.05, 3.63) is 0 Å². The first-order chi connectivity index (χ1) is 10.7. The van der Waals surface area contributed by atoms with Gasteiger partial charge in [-0.2, -0.15) is 0 Å². The van der Waals surface area contributed by atoms with Crippen LogP contribution in [0.4, 0.5) is 0 Å². The van der Waals surface area contributed by atoms with Crippen LogP contribution >= 0.6 is 0 Å². The average molecular weight is 343 g/mol. The van der Waals surface area contributed by atoms with Gasteiger partial charge >= 0.3 is 11.9 Å². The lowest BCUT2D eigenvalue weighted by Crippen LogP contribution is -2.44. The molecule has 24 heavy (non-hydrogen) atoms. The van der Waals surface area contributed by atoms with Gasteiger partial charge in [0.15, 0.2) is 0 Å². The van der Waals surface area contributed by atoms with E-state index in [4.69, 9.17) is 9.47 Å². The second-order valence-electron chi connectivity index (χ2n) is 8.95. The van der Waals surface area contributed by atoms with E-state index < -0.39 is 16.9 Å². The molecule has 0 aliphatic carbocycles. The van der Waals surface area contributed by atoms with E-state index in [1.54, 1.807) is 20.8 Å². The molecule has 0 amide bonds. The summed E-state index contributed by atoms with van der Waals surface area (Å²) in [5.74, 6) is -1.11. The molecular formula is C20H38O4. The van der Waals surface area contributed by atoms with Gasteiger partial charge in [0.1, 0.15) is 5.60 Å². The second-order valence-corrected chi connectivity index (χ2v) is 8.95. The maximum atomic E-state index is 12.7. The molecule has 0 radical (unpaired) electrons. The molecule has 142 valence electrons. The summed E-state index contributed by atoms with van der Waals surface area (Å²) in [6.07, 6.45) is 2.35. The molecule has 0 heterocycles. The smallest absolute Gasteiger partial charge is 0.312 e. The van der Waals surface area contributed by atoms with Crippen LogP contribution in [0.15, 0.2) is 0 Å². The third-order valence-corrected chi connectivity index (χ3v) is 5.07. The lowest BCUT2D eigenvalue weighted by Gasteiger charge is -2.37. The summed E-state index contributed by atoms with van der Waals surface area (Å²) in [6, 6.07) is 0. The van der Waals surface area contributed by atoms with E-state index in [9.17, 15) is 9.59 Å². The molecule has 4 heteroatoms. The number of carbonyl (C=O) groups excluding carboxylic acids is 2. The Labute approximate surface area is 148 Å². The fourth-order valence-electron chi connectivity index (χ4n) is 2.53. The molecule has 0 N–H and O–H groups in total. The van der Waals surface area contributed by atoms with Crippen LogP contribution in [0.25, 0.3) is 0 Å². The zero-order valence-corrected chi connectivity index (χ0v) is 17.4. The second kappa shape index (κ2) is 8.35. The summed E-state index contributed by atoms with van der Waals surface area (Å²) in [6.45, 7) is 19.4. The summed E-state index contributed by atoms with van der Waals surface area (Å²) >= 11 is 0. The van der Waals surface area contributed by atoms with Crippen molar-refractivity contribution in [3.8, 4) is 0 Å². The minimum atomic E-state index is -0.907. The summed E-state index contributed by atoms with van der Waals surface area (Å²) in [5, 5.41) is 0. The lowest BCUT2D eigenvalue weighted by atomic mass is 9.73. The molecule has 1 unspecified atom stereocenters. The van der Waals surface area contributed by atoms with Crippen molar-refractivity contribution >= 4 is 11.9 Å². The van der Waals surface area contributed by atoms with E-state index >= 15 is 0 Å². The molecule has 0 fully saturated rings. The van der Waals surface area contributed by atoms with Crippen molar-refractivity contribution in [1.29, 1.82) is 0 Å². The average Bonchev–Trinajstić information content (AvgIpc) is 2.44. The summed E-state index contributed by atoms with van der Waals surface area (Å²) in [5.41, 5.74) is -1.44. The quantitative estimate of drug-likeness (QED) is 0.544. The van der Waals surface area contributed by atoms with Crippen LogP contribution in [0.5, 0.6) is 0 Å². The predicted octanol–water partition coefficient (Wildman–Crippen LogP) is 5.14. The van der Waals surface area contributed by atoms with E-state index in [1.165, 1.54) is 0 Å². The van der Waals surface area contributed by atoms with Crippen LogP contribution in [-0.4, -0.2) is 23.6 Å². The van der Waals surface area contributed by atoms with Crippen LogP contribution in [0, 0.1) is 16.7 Å². The minimum absolute atomic E-state index is 0.0633. The molecule has 4 nitrogen and oxygen atoms in total. The first kappa shape index (κ1) is 22.9. The Morgan fingerprint density at radius 3 is 1.88 bits per heavy atom. The Balaban J connectivity index is 5.01. The molecule has 0 bridgehead atoms. The van der Waals surface area contributed by atoms with Crippen molar-refractivity contribution in [2.45, 2.75) is 100 Å². The highest BCUT2D eigenvalue weighted by Gasteiger charge is 2.42. The van der Waals surface area contributed by atoms with E-state index in [0.29, 0.717) is 0 Å². The number of rotatable bonds is 9. The number of ether oxygens (including phenoxy) is 2. The minimum Gasteiger partial charge on any atom is -0.462 e. The largest absolute Gasteiger partial charge is 0.462 e. The van der Waals surface area contributed by atoms with Crippen molar-refractivity contribution in [1.82, 2.24) is 0 Å². The number of esters is 2. The first-order valence-corrected chi connectivity index (χ1v) is 9.12. The Bertz CT molecular complexity index is 435. The van der Waals surface area contributed by atoms with Gasteiger partial charge in [0.25, 0.3) is 0 Å². The first-order valence-electron chi connectivity index (χ1n) is 9.12. The monoisotopic (exact) mass is 342 g/mol. The van der Waals surface area contributed by atoms with Gasteiger partial charge in [-0.05, 0) is 59.8 Å². The molecule has 0 saturated heterocycles. The summed E-state index contributed by atoms with van der Waals surface area (Å²) in [7, 11) is 0. The molecule has 0 rings (SSSR count). The van der Waals surface area contributed by atoms with Crippen LogP contribution in [0.3, 0.4) is 0 Å². The van der Waals surface area contributed by atoms with Crippen LogP contribution in [0.2, 0.25) is 0 Å². The van der Waals surface area contributed by atoms with Gasteiger partial charge in [-0.1, -0.05) is 34.1 Å². The Kier molecular flexibility index (Phi) is 7.98. The third kappa shape index (κ3) is 6.82.